The molecule has 0 saturated carbocycles. The molecule has 0 radical (unpaired) electrons. The molecule has 3 N–H and O–H groups in total. The number of fused-ring (bicyclic) bond motifs is 1. The van der Waals surface area contributed by atoms with Crippen LogP contribution in [0.5, 0.6) is 0 Å². The number of likely N-dealkylation sites (N-methyl/N-ethyl adjacent to an activating group) is 2. The van der Waals surface area contributed by atoms with E-state index in [0.29, 0.717) is 34.3 Å². The summed E-state index contributed by atoms with van der Waals surface area (Å²) in [5, 5.41) is 6.54. The molecule has 0 aliphatic carbocycles. The van der Waals surface area contributed by atoms with E-state index in [1.807, 2.05) is 32.1 Å². The molecule has 8 nitrogen and oxygen atoms in total. The zero-order valence-corrected chi connectivity index (χ0v) is 21.6. The van der Waals surface area contributed by atoms with Crippen LogP contribution < -0.4 is 15.5 Å². The van der Waals surface area contributed by atoms with Crippen LogP contribution in [0.15, 0.2) is 54.9 Å². The van der Waals surface area contributed by atoms with E-state index >= 15 is 0 Å². The van der Waals surface area contributed by atoms with Crippen LogP contribution in [0.1, 0.15) is 18.9 Å². The maximum absolute atomic E-state index is 13.9. The highest BCUT2D eigenvalue weighted by atomic mass is 19.4. The highest BCUT2D eigenvalue weighted by Gasteiger charge is 2.36. The van der Waals surface area contributed by atoms with Gasteiger partial charge in [0.2, 0.25) is 11.9 Å². The van der Waals surface area contributed by atoms with Gasteiger partial charge in [0.25, 0.3) is 0 Å². The minimum Gasteiger partial charge on any atom is -0.372 e. The number of hydrogen-bond donors (Lipinski definition) is 3. The van der Waals surface area contributed by atoms with Crippen LogP contribution >= 0.6 is 0 Å². The summed E-state index contributed by atoms with van der Waals surface area (Å²) in [5.41, 5.74) is 1.78. The number of aromatic amines is 1. The normalized spacial score (nSPS) is 11.7. The van der Waals surface area contributed by atoms with Crippen LogP contribution in [0, 0.1) is 0 Å². The summed E-state index contributed by atoms with van der Waals surface area (Å²) in [5.74, 6) is -0.156. The third kappa shape index (κ3) is 6.05. The number of amides is 1. The predicted molar refractivity (Wildman–Crippen MR) is 145 cm³/mol. The minimum atomic E-state index is -4.64. The van der Waals surface area contributed by atoms with Crippen molar-refractivity contribution in [1.82, 2.24) is 19.9 Å². The van der Waals surface area contributed by atoms with Gasteiger partial charge < -0.3 is 25.4 Å². The molecule has 2 aromatic carbocycles. The Balaban J connectivity index is 1.71. The van der Waals surface area contributed by atoms with Crippen LogP contribution in [-0.4, -0.2) is 60.0 Å². The molecule has 2 aromatic heterocycles. The maximum Gasteiger partial charge on any atom is 0.419 e. The summed E-state index contributed by atoms with van der Waals surface area (Å²) in [6, 6.07) is 12.4. The average molecular weight is 526 g/mol. The van der Waals surface area contributed by atoms with E-state index < -0.39 is 11.7 Å². The van der Waals surface area contributed by atoms with E-state index in [1.54, 1.807) is 43.3 Å². The van der Waals surface area contributed by atoms with Crippen molar-refractivity contribution in [2.45, 2.75) is 19.5 Å². The first-order chi connectivity index (χ1) is 18.1. The van der Waals surface area contributed by atoms with E-state index in [1.165, 1.54) is 6.20 Å². The number of aromatic nitrogens is 3. The Hall–Kier alpha value is -4.12. The van der Waals surface area contributed by atoms with Gasteiger partial charge in [-0.25, -0.2) is 9.97 Å². The lowest BCUT2D eigenvalue weighted by Gasteiger charge is -2.25. The predicted octanol–water partition coefficient (Wildman–Crippen LogP) is 5.73. The molecule has 11 heteroatoms. The van der Waals surface area contributed by atoms with Crippen molar-refractivity contribution in [3.05, 3.63) is 60.4 Å². The number of nitrogens with zero attached hydrogens (tertiary/aromatic N) is 4. The molecule has 0 aliphatic heterocycles. The fraction of sp³-hybridized carbons (Fsp3) is 0.296. The number of carbonyl (C=O) groups excluding carboxylic acids is 1. The summed E-state index contributed by atoms with van der Waals surface area (Å²) in [7, 11) is 5.89. The van der Waals surface area contributed by atoms with Crippen LogP contribution in [0.3, 0.4) is 0 Å². The summed E-state index contributed by atoms with van der Waals surface area (Å²) < 4.78 is 41.6. The number of halogens is 3. The molecule has 200 valence electrons. The Labute approximate surface area is 218 Å². The summed E-state index contributed by atoms with van der Waals surface area (Å²) in [6.07, 6.45) is -2.03. The number of carbonyl (C=O) groups is 1. The Kier molecular flexibility index (Phi) is 7.86. The number of para-hydroxylation sites is 1. The molecule has 0 spiro atoms. The fourth-order valence-electron chi connectivity index (χ4n) is 4.01. The lowest BCUT2D eigenvalue weighted by molar-refractivity contribution is -0.137. The van der Waals surface area contributed by atoms with Crippen molar-refractivity contribution in [2.24, 2.45) is 0 Å². The van der Waals surface area contributed by atoms with Crippen molar-refractivity contribution in [2.75, 3.05) is 49.8 Å². The van der Waals surface area contributed by atoms with Gasteiger partial charge in [0, 0.05) is 61.1 Å². The highest BCUT2D eigenvalue weighted by molar-refractivity contribution is 5.96. The molecular weight excluding hydrogens is 495 g/mol. The molecule has 2 heterocycles. The molecule has 4 rings (SSSR count). The van der Waals surface area contributed by atoms with Crippen molar-refractivity contribution in [1.29, 1.82) is 0 Å². The number of benzene rings is 2. The van der Waals surface area contributed by atoms with Crippen LogP contribution in [0.2, 0.25) is 0 Å². The molecule has 1 amide bonds. The second-order valence-electron chi connectivity index (χ2n) is 9.19. The molecule has 0 saturated heterocycles. The molecule has 38 heavy (non-hydrogen) atoms. The van der Waals surface area contributed by atoms with Gasteiger partial charge in [-0.1, -0.05) is 25.1 Å². The number of anilines is 4. The van der Waals surface area contributed by atoms with E-state index in [0.717, 1.165) is 25.0 Å². The van der Waals surface area contributed by atoms with Gasteiger partial charge in [0.05, 0.1) is 17.1 Å². The largest absolute Gasteiger partial charge is 0.419 e. The maximum atomic E-state index is 13.9. The molecule has 0 atom stereocenters. The van der Waals surface area contributed by atoms with Crippen LogP contribution in [0.4, 0.5) is 36.2 Å². The van der Waals surface area contributed by atoms with Crippen LogP contribution in [-0.2, 0) is 11.0 Å². The van der Waals surface area contributed by atoms with Crippen molar-refractivity contribution in [3.8, 4) is 11.3 Å². The zero-order chi connectivity index (χ0) is 27.4. The summed E-state index contributed by atoms with van der Waals surface area (Å²) in [6.45, 7) is 3.30. The molecule has 4 aromatic rings. The van der Waals surface area contributed by atoms with Crippen molar-refractivity contribution < 1.29 is 18.0 Å². The number of hydrogen-bond acceptors (Lipinski definition) is 6. The second-order valence-corrected chi connectivity index (χ2v) is 9.19. The lowest BCUT2D eigenvalue weighted by atomic mass is 10.1. The second kappa shape index (κ2) is 11.1. The van der Waals surface area contributed by atoms with E-state index in [2.05, 4.69) is 30.5 Å². The molecule has 0 aliphatic rings. The zero-order valence-electron chi connectivity index (χ0n) is 21.6. The van der Waals surface area contributed by atoms with E-state index in [4.69, 9.17) is 0 Å². The number of nitrogens with one attached hydrogen (secondary N) is 3. The topological polar surface area (TPSA) is 89.2 Å². The summed E-state index contributed by atoms with van der Waals surface area (Å²) >= 11 is 0. The van der Waals surface area contributed by atoms with E-state index in [9.17, 15) is 18.0 Å². The minimum absolute atomic E-state index is 0.000221. The Morgan fingerprint density at radius 2 is 1.84 bits per heavy atom. The van der Waals surface area contributed by atoms with Gasteiger partial charge in [0.1, 0.15) is 5.56 Å². The molecule has 0 unspecified atom stereocenters. The van der Waals surface area contributed by atoms with Gasteiger partial charge >= 0.3 is 6.18 Å². The van der Waals surface area contributed by atoms with Gasteiger partial charge in [-0.05, 0) is 38.4 Å². The standard InChI is InChI=1S/C27H30F3N7O/c1-5-24(38)34-22-14-17(10-11-23(22)37(4)13-12-36(2)3)33-26-32-16-20(27(28,29)30)25(35-26)19-15-31-21-9-7-6-8-18(19)21/h6-11,14-16,31H,5,12-13H2,1-4H3,(H,34,38)(H,32,33,35). The third-order valence-electron chi connectivity index (χ3n) is 6.08. The Bertz CT molecular complexity index is 1430. The van der Waals surface area contributed by atoms with Crippen LogP contribution in [0.25, 0.3) is 22.2 Å². The molecule has 0 bridgehead atoms. The fourth-order valence-corrected chi connectivity index (χ4v) is 4.01. The first-order valence-electron chi connectivity index (χ1n) is 12.1. The quantitative estimate of drug-likeness (QED) is 0.259. The monoisotopic (exact) mass is 525 g/mol. The summed E-state index contributed by atoms with van der Waals surface area (Å²) in [4.78, 5) is 27.5. The van der Waals surface area contributed by atoms with Crippen molar-refractivity contribution in [3.63, 3.8) is 0 Å². The lowest BCUT2D eigenvalue weighted by Crippen LogP contribution is -2.29. The van der Waals surface area contributed by atoms with Gasteiger partial charge in [-0.3, -0.25) is 4.79 Å². The Morgan fingerprint density at radius 3 is 2.55 bits per heavy atom. The molecular formula is C27H30F3N7O. The first-order valence-corrected chi connectivity index (χ1v) is 12.1. The SMILES string of the molecule is CCC(=O)Nc1cc(Nc2ncc(C(F)(F)F)c(-c3c[nH]c4ccccc34)n2)ccc1N(C)CCN(C)C. The highest BCUT2D eigenvalue weighted by Crippen LogP contribution is 2.39. The average Bonchev–Trinajstić information content (AvgIpc) is 3.31. The number of H-pyrrole nitrogens is 1. The third-order valence-corrected chi connectivity index (χ3v) is 6.08. The Morgan fingerprint density at radius 1 is 1.08 bits per heavy atom. The first kappa shape index (κ1) is 26.9. The number of alkyl halides is 3. The molecule has 0 fully saturated rings. The van der Waals surface area contributed by atoms with E-state index in [-0.39, 0.29) is 17.5 Å². The van der Waals surface area contributed by atoms with Gasteiger partial charge in [-0.2, -0.15) is 13.2 Å². The smallest absolute Gasteiger partial charge is 0.372 e. The van der Waals surface area contributed by atoms with Gasteiger partial charge in [0.15, 0.2) is 0 Å². The number of rotatable bonds is 9. The van der Waals surface area contributed by atoms with Gasteiger partial charge in [-0.15, -0.1) is 0 Å². The van der Waals surface area contributed by atoms with Crippen molar-refractivity contribution >= 4 is 39.8 Å².